The van der Waals surface area contributed by atoms with Crippen molar-refractivity contribution in [2.24, 2.45) is 5.73 Å². The summed E-state index contributed by atoms with van der Waals surface area (Å²) in [5.41, 5.74) is 5.36. The fourth-order valence-electron chi connectivity index (χ4n) is 0.907. The van der Waals surface area contributed by atoms with Crippen molar-refractivity contribution in [3.05, 3.63) is 18.6 Å². The fraction of sp³-hybridized carbons (Fsp3) is 0.333. The van der Waals surface area contributed by atoms with Crippen LogP contribution in [0.3, 0.4) is 0 Å². The Labute approximate surface area is 92.0 Å². The zero-order chi connectivity index (χ0) is 12.0. The van der Waals surface area contributed by atoms with Gasteiger partial charge in [-0.1, -0.05) is 0 Å². The first-order chi connectivity index (χ1) is 7.65. The van der Waals surface area contributed by atoms with Crippen LogP contribution in [-0.2, 0) is 14.3 Å². The summed E-state index contributed by atoms with van der Waals surface area (Å²) in [7, 11) is 0. The van der Waals surface area contributed by atoms with Crippen LogP contribution in [0.2, 0.25) is 0 Å². The first-order valence-corrected chi connectivity index (χ1v) is 4.64. The first kappa shape index (κ1) is 12.1. The van der Waals surface area contributed by atoms with Crippen LogP contribution in [0, 0.1) is 0 Å². The summed E-state index contributed by atoms with van der Waals surface area (Å²) in [6, 6.07) is -1.36. The maximum absolute atomic E-state index is 11.4. The number of nitrogens with two attached hydrogens (primary N) is 1. The normalized spacial score (nSPS) is 11.6. The van der Waals surface area contributed by atoms with Crippen molar-refractivity contribution in [1.82, 2.24) is 9.97 Å². The molecule has 0 aliphatic carbocycles. The molecule has 1 rings (SSSR count). The smallest absolute Gasteiger partial charge is 0.332 e. The number of nitrogens with zero attached hydrogens (tertiary/aromatic N) is 2. The number of carbonyl (C=O) groups excluding carboxylic acids is 2. The van der Waals surface area contributed by atoms with Crippen LogP contribution in [-0.4, -0.2) is 34.5 Å². The van der Waals surface area contributed by atoms with Gasteiger partial charge >= 0.3 is 5.97 Å². The zero-order valence-corrected chi connectivity index (χ0v) is 8.71. The molecule has 0 bridgehead atoms. The SMILES string of the molecule is CCOC(=O)C(N)C(=O)Nc1cnccn1. The Bertz CT molecular complexity index is 368. The van der Waals surface area contributed by atoms with E-state index in [1.807, 2.05) is 0 Å². The van der Waals surface area contributed by atoms with Gasteiger partial charge in [-0.3, -0.25) is 9.78 Å². The van der Waals surface area contributed by atoms with Crippen molar-refractivity contribution >= 4 is 17.7 Å². The van der Waals surface area contributed by atoms with E-state index < -0.39 is 17.9 Å². The molecule has 0 radical (unpaired) electrons. The molecule has 7 heteroatoms. The van der Waals surface area contributed by atoms with Gasteiger partial charge < -0.3 is 15.8 Å². The van der Waals surface area contributed by atoms with Crippen molar-refractivity contribution in [1.29, 1.82) is 0 Å². The van der Waals surface area contributed by atoms with Crippen LogP contribution in [0.15, 0.2) is 18.6 Å². The topological polar surface area (TPSA) is 107 Å². The molecule has 0 aliphatic heterocycles. The lowest BCUT2D eigenvalue weighted by atomic mass is 10.3. The third kappa shape index (κ3) is 3.28. The second kappa shape index (κ2) is 5.76. The number of carbonyl (C=O) groups is 2. The van der Waals surface area contributed by atoms with Gasteiger partial charge in [-0.05, 0) is 6.92 Å². The number of esters is 1. The first-order valence-electron chi connectivity index (χ1n) is 4.64. The van der Waals surface area contributed by atoms with Gasteiger partial charge in [0.05, 0.1) is 12.8 Å². The van der Waals surface area contributed by atoms with Crippen molar-refractivity contribution in [2.45, 2.75) is 13.0 Å². The van der Waals surface area contributed by atoms with E-state index in [9.17, 15) is 9.59 Å². The highest BCUT2D eigenvalue weighted by Gasteiger charge is 2.23. The lowest BCUT2D eigenvalue weighted by molar-refractivity contribution is -0.146. The molecule has 0 spiro atoms. The van der Waals surface area contributed by atoms with Crippen LogP contribution in [0.4, 0.5) is 5.82 Å². The quantitative estimate of drug-likeness (QED) is 0.517. The number of rotatable bonds is 4. The molecule has 7 nitrogen and oxygen atoms in total. The largest absolute Gasteiger partial charge is 0.464 e. The molecular formula is C9H12N4O3. The molecule has 86 valence electrons. The number of nitrogens with one attached hydrogen (secondary N) is 1. The number of amides is 1. The Morgan fingerprint density at radius 2 is 2.31 bits per heavy atom. The molecule has 3 N–H and O–H groups in total. The Hall–Kier alpha value is -2.02. The van der Waals surface area contributed by atoms with Gasteiger partial charge in [-0.15, -0.1) is 0 Å². The van der Waals surface area contributed by atoms with Gasteiger partial charge in [0.1, 0.15) is 0 Å². The number of anilines is 1. The minimum Gasteiger partial charge on any atom is -0.464 e. The molecule has 1 heterocycles. The lowest BCUT2D eigenvalue weighted by Crippen LogP contribution is -2.43. The molecule has 1 amide bonds. The van der Waals surface area contributed by atoms with Crippen molar-refractivity contribution in [2.75, 3.05) is 11.9 Å². The van der Waals surface area contributed by atoms with Crippen molar-refractivity contribution in [3.63, 3.8) is 0 Å². The highest BCUT2D eigenvalue weighted by Crippen LogP contribution is 1.98. The Morgan fingerprint density at radius 3 is 2.88 bits per heavy atom. The van der Waals surface area contributed by atoms with Gasteiger partial charge in [-0.25, -0.2) is 9.78 Å². The minimum atomic E-state index is -1.36. The standard InChI is InChI=1S/C9H12N4O3/c1-2-16-9(15)7(10)8(14)13-6-5-11-3-4-12-6/h3-5,7H,2,10H2,1H3,(H,12,13,14). The van der Waals surface area contributed by atoms with E-state index in [0.29, 0.717) is 0 Å². The molecule has 1 aromatic heterocycles. The molecule has 0 aliphatic rings. The Balaban J connectivity index is 2.56. The van der Waals surface area contributed by atoms with Crippen LogP contribution in [0.25, 0.3) is 0 Å². The van der Waals surface area contributed by atoms with E-state index in [4.69, 9.17) is 5.73 Å². The summed E-state index contributed by atoms with van der Waals surface area (Å²) in [6.45, 7) is 1.80. The van der Waals surface area contributed by atoms with E-state index >= 15 is 0 Å². The average molecular weight is 224 g/mol. The van der Waals surface area contributed by atoms with E-state index in [0.717, 1.165) is 0 Å². The predicted octanol–water partition coefficient (Wildman–Crippen LogP) is -0.694. The number of hydrogen-bond donors (Lipinski definition) is 2. The molecule has 16 heavy (non-hydrogen) atoms. The highest BCUT2D eigenvalue weighted by molar-refractivity contribution is 6.07. The molecule has 1 unspecified atom stereocenters. The summed E-state index contributed by atoms with van der Waals surface area (Å²) in [4.78, 5) is 30.1. The second-order valence-corrected chi connectivity index (χ2v) is 2.81. The van der Waals surface area contributed by atoms with Gasteiger partial charge in [0.2, 0.25) is 0 Å². The third-order valence-corrected chi connectivity index (χ3v) is 1.64. The fourth-order valence-corrected chi connectivity index (χ4v) is 0.907. The van der Waals surface area contributed by atoms with Crippen LogP contribution < -0.4 is 11.1 Å². The van der Waals surface area contributed by atoms with Crippen molar-refractivity contribution < 1.29 is 14.3 Å². The maximum Gasteiger partial charge on any atom is 0.332 e. The molecule has 0 saturated carbocycles. The molecule has 1 aromatic rings. The van der Waals surface area contributed by atoms with Crippen LogP contribution in [0.5, 0.6) is 0 Å². The highest BCUT2D eigenvalue weighted by atomic mass is 16.5. The van der Waals surface area contributed by atoms with Crippen LogP contribution in [0.1, 0.15) is 6.92 Å². The van der Waals surface area contributed by atoms with Gasteiger partial charge in [0.15, 0.2) is 11.9 Å². The Morgan fingerprint density at radius 1 is 1.56 bits per heavy atom. The summed E-state index contributed by atoms with van der Waals surface area (Å²) >= 11 is 0. The predicted molar refractivity (Wildman–Crippen MR) is 55.3 cm³/mol. The summed E-state index contributed by atoms with van der Waals surface area (Å²) in [5.74, 6) is -1.23. The second-order valence-electron chi connectivity index (χ2n) is 2.81. The molecule has 1 atom stereocenters. The van der Waals surface area contributed by atoms with E-state index in [2.05, 4.69) is 20.0 Å². The van der Waals surface area contributed by atoms with Gasteiger partial charge in [-0.2, -0.15) is 0 Å². The monoisotopic (exact) mass is 224 g/mol. The maximum atomic E-state index is 11.4. The molecule has 0 aromatic carbocycles. The molecule has 0 fully saturated rings. The third-order valence-electron chi connectivity index (χ3n) is 1.64. The van der Waals surface area contributed by atoms with Gasteiger partial charge in [0.25, 0.3) is 5.91 Å². The zero-order valence-electron chi connectivity index (χ0n) is 8.71. The number of aromatic nitrogens is 2. The van der Waals surface area contributed by atoms with E-state index in [-0.39, 0.29) is 12.4 Å². The number of hydrogen-bond acceptors (Lipinski definition) is 6. The minimum absolute atomic E-state index is 0.172. The van der Waals surface area contributed by atoms with Crippen LogP contribution >= 0.6 is 0 Å². The lowest BCUT2D eigenvalue weighted by Gasteiger charge is -2.09. The van der Waals surface area contributed by atoms with E-state index in [1.165, 1.54) is 18.6 Å². The van der Waals surface area contributed by atoms with Gasteiger partial charge in [0, 0.05) is 12.4 Å². The summed E-state index contributed by atoms with van der Waals surface area (Å²) < 4.78 is 4.60. The number of ether oxygens (including phenoxy) is 1. The summed E-state index contributed by atoms with van der Waals surface area (Å²) in [5, 5.41) is 2.34. The van der Waals surface area contributed by atoms with E-state index in [1.54, 1.807) is 6.92 Å². The Kier molecular flexibility index (Phi) is 4.34. The molecular weight excluding hydrogens is 212 g/mol. The summed E-state index contributed by atoms with van der Waals surface area (Å²) in [6.07, 6.45) is 4.21. The van der Waals surface area contributed by atoms with Crippen molar-refractivity contribution in [3.8, 4) is 0 Å². The molecule has 0 saturated heterocycles. The average Bonchev–Trinajstić information content (AvgIpc) is 2.29.